The topological polar surface area (TPSA) is 41.6 Å². The van der Waals surface area contributed by atoms with Crippen LogP contribution in [0.2, 0.25) is 0 Å². The Morgan fingerprint density at radius 3 is 2.72 bits per heavy atom. The molecule has 0 radical (unpaired) electrons. The van der Waals surface area contributed by atoms with Crippen molar-refractivity contribution in [2.24, 2.45) is 5.92 Å². The lowest BCUT2D eigenvalue weighted by atomic mass is 10.0. The summed E-state index contributed by atoms with van der Waals surface area (Å²) in [4.78, 5) is 14.6. The van der Waals surface area contributed by atoms with E-state index in [9.17, 15) is 9.18 Å². The number of hydrogen-bond acceptors (Lipinski definition) is 3. The molecule has 1 aliphatic rings. The van der Waals surface area contributed by atoms with E-state index in [1.807, 2.05) is 0 Å². The van der Waals surface area contributed by atoms with Crippen LogP contribution < -0.4 is 5.32 Å². The van der Waals surface area contributed by atoms with E-state index in [1.165, 1.54) is 6.07 Å². The Morgan fingerprint density at radius 2 is 2.08 bits per heavy atom. The zero-order valence-electron chi connectivity index (χ0n) is 15.1. The van der Waals surface area contributed by atoms with Crippen LogP contribution in [0, 0.1) is 11.7 Å². The SMILES string of the molecule is CC(C)CC(CNC(=O)CCc1ccc(Br)cc1F)N1CCOCC1. The number of aryl methyl sites for hydroxylation is 1. The number of ether oxygens (including phenoxy) is 1. The third kappa shape index (κ3) is 7.04. The lowest BCUT2D eigenvalue weighted by Gasteiger charge is -2.35. The normalized spacial score (nSPS) is 16.8. The Hall–Kier alpha value is -0.980. The number of benzene rings is 1. The third-order valence-corrected chi connectivity index (χ3v) is 4.97. The predicted octanol–water partition coefficient (Wildman–Crippen LogP) is 3.38. The van der Waals surface area contributed by atoms with Gasteiger partial charge in [0.15, 0.2) is 0 Å². The monoisotopic (exact) mass is 414 g/mol. The molecule has 1 fully saturated rings. The molecule has 1 unspecified atom stereocenters. The van der Waals surface area contributed by atoms with Gasteiger partial charge in [-0.3, -0.25) is 9.69 Å². The Balaban J connectivity index is 1.81. The van der Waals surface area contributed by atoms with E-state index in [4.69, 9.17) is 4.74 Å². The minimum absolute atomic E-state index is 0.0238. The van der Waals surface area contributed by atoms with E-state index >= 15 is 0 Å². The molecule has 0 aromatic heterocycles. The number of nitrogens with zero attached hydrogens (tertiary/aromatic N) is 1. The summed E-state index contributed by atoms with van der Waals surface area (Å²) in [6.07, 6.45) is 1.76. The smallest absolute Gasteiger partial charge is 0.220 e. The van der Waals surface area contributed by atoms with Gasteiger partial charge >= 0.3 is 0 Å². The zero-order chi connectivity index (χ0) is 18.2. The average molecular weight is 415 g/mol. The second kappa shape index (κ2) is 10.2. The number of carbonyl (C=O) groups is 1. The molecule has 0 aliphatic carbocycles. The Morgan fingerprint density at radius 1 is 1.36 bits per heavy atom. The summed E-state index contributed by atoms with van der Waals surface area (Å²) in [5.74, 6) is 0.277. The maximum absolute atomic E-state index is 13.8. The highest BCUT2D eigenvalue weighted by Crippen LogP contribution is 2.17. The van der Waals surface area contributed by atoms with Gasteiger partial charge in [0.2, 0.25) is 5.91 Å². The summed E-state index contributed by atoms with van der Waals surface area (Å²) in [6, 6.07) is 5.29. The highest BCUT2D eigenvalue weighted by atomic mass is 79.9. The maximum Gasteiger partial charge on any atom is 0.220 e. The van der Waals surface area contributed by atoms with Crippen molar-refractivity contribution in [1.29, 1.82) is 0 Å². The van der Waals surface area contributed by atoms with Crippen molar-refractivity contribution in [2.45, 2.75) is 39.2 Å². The fourth-order valence-corrected chi connectivity index (χ4v) is 3.47. The molecule has 4 nitrogen and oxygen atoms in total. The molecule has 0 saturated carbocycles. The molecular weight excluding hydrogens is 387 g/mol. The van der Waals surface area contributed by atoms with Crippen molar-refractivity contribution in [3.63, 3.8) is 0 Å². The third-order valence-electron chi connectivity index (χ3n) is 4.48. The van der Waals surface area contributed by atoms with Gasteiger partial charge in [-0.1, -0.05) is 35.8 Å². The van der Waals surface area contributed by atoms with Crippen LogP contribution in [-0.2, 0) is 16.0 Å². The molecule has 1 aromatic rings. The molecule has 2 rings (SSSR count). The fraction of sp³-hybridized carbons (Fsp3) is 0.632. The van der Waals surface area contributed by atoms with Gasteiger partial charge < -0.3 is 10.1 Å². The molecule has 1 N–H and O–H groups in total. The highest BCUT2D eigenvalue weighted by molar-refractivity contribution is 9.10. The molecule has 140 valence electrons. The summed E-state index contributed by atoms with van der Waals surface area (Å²) in [6.45, 7) is 8.38. The van der Waals surface area contributed by atoms with Crippen LogP contribution in [-0.4, -0.2) is 49.7 Å². The first-order chi connectivity index (χ1) is 12.0. The van der Waals surface area contributed by atoms with Gasteiger partial charge in [-0.15, -0.1) is 0 Å². The van der Waals surface area contributed by atoms with Gasteiger partial charge in [-0.25, -0.2) is 4.39 Å². The number of rotatable bonds is 8. The van der Waals surface area contributed by atoms with Crippen molar-refractivity contribution in [2.75, 3.05) is 32.8 Å². The maximum atomic E-state index is 13.8. The van der Waals surface area contributed by atoms with Crippen LogP contribution in [0.4, 0.5) is 4.39 Å². The van der Waals surface area contributed by atoms with Crippen molar-refractivity contribution >= 4 is 21.8 Å². The van der Waals surface area contributed by atoms with E-state index in [-0.39, 0.29) is 11.7 Å². The summed E-state index contributed by atoms with van der Waals surface area (Å²) < 4.78 is 19.9. The number of nitrogens with one attached hydrogen (secondary N) is 1. The summed E-state index contributed by atoms with van der Waals surface area (Å²) >= 11 is 3.24. The summed E-state index contributed by atoms with van der Waals surface area (Å²) in [5.41, 5.74) is 0.574. The van der Waals surface area contributed by atoms with Crippen LogP contribution in [0.3, 0.4) is 0 Å². The van der Waals surface area contributed by atoms with E-state index < -0.39 is 0 Å². The van der Waals surface area contributed by atoms with Gasteiger partial charge in [0, 0.05) is 36.6 Å². The van der Waals surface area contributed by atoms with E-state index in [2.05, 4.69) is 40.0 Å². The van der Waals surface area contributed by atoms with Crippen LogP contribution in [0.1, 0.15) is 32.3 Å². The lowest BCUT2D eigenvalue weighted by Crippen LogP contribution is -2.49. The highest BCUT2D eigenvalue weighted by Gasteiger charge is 2.22. The number of carbonyl (C=O) groups excluding carboxylic acids is 1. The van der Waals surface area contributed by atoms with Gasteiger partial charge in [-0.05, 0) is 36.5 Å². The van der Waals surface area contributed by atoms with Gasteiger partial charge in [0.05, 0.1) is 13.2 Å². The first-order valence-electron chi connectivity index (χ1n) is 8.98. The van der Waals surface area contributed by atoms with Crippen LogP contribution in [0.15, 0.2) is 22.7 Å². The first-order valence-corrected chi connectivity index (χ1v) is 9.77. The second-order valence-electron chi connectivity index (χ2n) is 6.97. The molecule has 1 amide bonds. The minimum atomic E-state index is -0.270. The molecule has 1 aromatic carbocycles. The van der Waals surface area contributed by atoms with Crippen molar-refractivity contribution < 1.29 is 13.9 Å². The number of morpholine rings is 1. The standard InChI is InChI=1S/C19H28BrFN2O2/c1-14(2)11-17(23-7-9-25-10-8-23)13-22-19(24)6-4-15-3-5-16(20)12-18(15)21/h3,5,12,14,17H,4,6-11,13H2,1-2H3,(H,22,24). The van der Waals surface area contributed by atoms with Gasteiger partial charge in [0.1, 0.15) is 5.82 Å². The van der Waals surface area contributed by atoms with Crippen molar-refractivity contribution in [1.82, 2.24) is 10.2 Å². The zero-order valence-corrected chi connectivity index (χ0v) is 16.6. The number of amides is 1. The second-order valence-corrected chi connectivity index (χ2v) is 7.89. The number of halogens is 2. The van der Waals surface area contributed by atoms with E-state index in [1.54, 1.807) is 12.1 Å². The molecule has 0 bridgehead atoms. The molecule has 1 aliphatic heterocycles. The summed E-state index contributed by atoms with van der Waals surface area (Å²) in [7, 11) is 0. The molecule has 6 heteroatoms. The van der Waals surface area contributed by atoms with Crippen LogP contribution in [0.25, 0.3) is 0 Å². The average Bonchev–Trinajstić information content (AvgIpc) is 2.58. The van der Waals surface area contributed by atoms with E-state index in [0.717, 1.165) is 32.7 Å². The van der Waals surface area contributed by atoms with Crippen LogP contribution in [0.5, 0.6) is 0 Å². The Kier molecular flexibility index (Phi) is 8.33. The lowest BCUT2D eigenvalue weighted by molar-refractivity contribution is -0.121. The molecule has 1 saturated heterocycles. The van der Waals surface area contributed by atoms with Gasteiger partial charge in [-0.2, -0.15) is 0 Å². The molecule has 0 spiro atoms. The van der Waals surface area contributed by atoms with Crippen molar-refractivity contribution in [3.8, 4) is 0 Å². The predicted molar refractivity (Wildman–Crippen MR) is 101 cm³/mol. The summed E-state index contributed by atoms with van der Waals surface area (Å²) in [5, 5.41) is 3.03. The number of hydrogen-bond donors (Lipinski definition) is 1. The van der Waals surface area contributed by atoms with Crippen LogP contribution >= 0.6 is 15.9 Å². The quantitative estimate of drug-likeness (QED) is 0.708. The molecule has 1 heterocycles. The largest absolute Gasteiger partial charge is 0.379 e. The molecule has 25 heavy (non-hydrogen) atoms. The van der Waals surface area contributed by atoms with Crippen molar-refractivity contribution in [3.05, 3.63) is 34.1 Å². The fourth-order valence-electron chi connectivity index (χ4n) is 3.14. The Bertz CT molecular complexity index is 562. The molecular formula is C19H28BrFN2O2. The van der Waals surface area contributed by atoms with Gasteiger partial charge in [0.25, 0.3) is 0 Å². The Labute approximate surface area is 158 Å². The molecule has 1 atom stereocenters. The first kappa shape index (κ1) is 20.3. The minimum Gasteiger partial charge on any atom is -0.379 e. The van der Waals surface area contributed by atoms with E-state index in [0.29, 0.717) is 41.4 Å².